The molecule has 2 heterocycles. The second-order valence-corrected chi connectivity index (χ2v) is 8.36. The largest absolute Gasteiger partial charge is 0.442 e. The van der Waals surface area contributed by atoms with Crippen molar-refractivity contribution < 1.29 is 27.1 Å². The number of hydrogen-bond donors (Lipinski definition) is 1. The van der Waals surface area contributed by atoms with Crippen LogP contribution >= 0.6 is 0 Å². The molecule has 2 amide bonds. The number of hydrogen-bond acceptors (Lipinski definition) is 5. The molecule has 0 aromatic heterocycles. The van der Waals surface area contributed by atoms with E-state index in [1.54, 1.807) is 12.1 Å². The van der Waals surface area contributed by atoms with Crippen LogP contribution in [0.4, 0.5) is 14.9 Å². The molecule has 0 aliphatic carbocycles. The summed E-state index contributed by atoms with van der Waals surface area (Å²) in [5.74, 6) is -1.06. The van der Waals surface area contributed by atoms with Gasteiger partial charge in [-0.1, -0.05) is 12.1 Å². The average Bonchev–Trinajstić information content (AvgIpc) is 2.94. The Labute approximate surface area is 150 Å². The standard InChI is InChI=1S/C17H19FN2O5S/c1-11(21)19-9-14-10-20(17(22)25-14)13-2-3-15(16(18)8-13)12-4-6-26(23,24)7-5-12/h2-4,6,8,12,14H,5,7,9-10H2,1H3,(H,19,21)/t12?,14-/m0/s1. The van der Waals surface area contributed by atoms with Crippen LogP contribution in [0.5, 0.6) is 0 Å². The number of amides is 2. The summed E-state index contributed by atoms with van der Waals surface area (Å²) in [5, 5.41) is 3.70. The highest BCUT2D eigenvalue weighted by molar-refractivity contribution is 7.94. The van der Waals surface area contributed by atoms with E-state index in [-0.39, 0.29) is 30.7 Å². The Kier molecular flexibility index (Phi) is 4.99. The zero-order chi connectivity index (χ0) is 18.9. The number of carbonyl (C=O) groups is 2. The van der Waals surface area contributed by atoms with Gasteiger partial charge in [-0.25, -0.2) is 17.6 Å². The van der Waals surface area contributed by atoms with E-state index in [4.69, 9.17) is 4.74 Å². The molecule has 1 aromatic rings. The van der Waals surface area contributed by atoms with Crippen LogP contribution in [0.15, 0.2) is 29.7 Å². The number of carbonyl (C=O) groups excluding carboxylic acids is 2. The first-order chi connectivity index (χ1) is 12.2. The number of benzene rings is 1. The fraction of sp³-hybridized carbons (Fsp3) is 0.412. The zero-order valence-electron chi connectivity index (χ0n) is 14.1. The summed E-state index contributed by atoms with van der Waals surface area (Å²) in [6.07, 6.45) is 0.709. The van der Waals surface area contributed by atoms with Crippen LogP contribution in [0, 0.1) is 5.82 Å². The summed E-state index contributed by atoms with van der Waals surface area (Å²) in [5.41, 5.74) is 0.747. The number of cyclic esters (lactones) is 1. The lowest BCUT2D eigenvalue weighted by Gasteiger charge is -2.19. The highest BCUT2D eigenvalue weighted by Gasteiger charge is 2.33. The summed E-state index contributed by atoms with van der Waals surface area (Å²) in [4.78, 5) is 24.2. The lowest BCUT2D eigenvalue weighted by molar-refractivity contribution is -0.119. The van der Waals surface area contributed by atoms with Crippen LogP contribution in [0.3, 0.4) is 0 Å². The third-order valence-corrected chi connectivity index (χ3v) is 5.76. The maximum absolute atomic E-state index is 14.5. The maximum atomic E-state index is 14.5. The van der Waals surface area contributed by atoms with Crippen molar-refractivity contribution in [2.75, 3.05) is 23.7 Å². The minimum absolute atomic E-state index is 0.0152. The average molecular weight is 382 g/mol. The Morgan fingerprint density at radius 2 is 2.19 bits per heavy atom. The van der Waals surface area contributed by atoms with Crippen LogP contribution in [-0.4, -0.2) is 45.4 Å². The van der Waals surface area contributed by atoms with Crippen LogP contribution in [0.2, 0.25) is 0 Å². The van der Waals surface area contributed by atoms with E-state index in [1.165, 1.54) is 24.0 Å². The van der Waals surface area contributed by atoms with Crippen molar-refractivity contribution in [1.29, 1.82) is 0 Å². The van der Waals surface area contributed by atoms with Crippen LogP contribution in [-0.2, 0) is 19.4 Å². The van der Waals surface area contributed by atoms with Gasteiger partial charge >= 0.3 is 6.09 Å². The molecule has 1 fully saturated rings. The first-order valence-electron chi connectivity index (χ1n) is 8.18. The van der Waals surface area contributed by atoms with Gasteiger partial charge in [0.05, 0.1) is 24.5 Å². The minimum atomic E-state index is -3.19. The number of ether oxygens (including phenoxy) is 1. The van der Waals surface area contributed by atoms with E-state index < -0.39 is 27.9 Å². The summed E-state index contributed by atoms with van der Waals surface area (Å²) in [7, 11) is -3.19. The molecule has 140 valence electrons. The van der Waals surface area contributed by atoms with E-state index in [1.807, 2.05) is 0 Å². The highest BCUT2D eigenvalue weighted by Crippen LogP contribution is 2.31. The monoisotopic (exact) mass is 382 g/mol. The van der Waals surface area contributed by atoms with Crippen LogP contribution in [0.1, 0.15) is 24.8 Å². The van der Waals surface area contributed by atoms with E-state index in [2.05, 4.69) is 5.32 Å². The summed E-state index contributed by atoms with van der Waals surface area (Å²) in [6.45, 7) is 1.77. The lowest BCUT2D eigenvalue weighted by atomic mass is 9.95. The smallest absolute Gasteiger partial charge is 0.414 e. The Hall–Kier alpha value is -2.42. The van der Waals surface area contributed by atoms with Gasteiger partial charge < -0.3 is 10.1 Å². The Balaban J connectivity index is 1.74. The number of sulfone groups is 1. The van der Waals surface area contributed by atoms with Gasteiger partial charge in [-0.2, -0.15) is 0 Å². The van der Waals surface area contributed by atoms with Crippen molar-refractivity contribution in [3.8, 4) is 0 Å². The summed E-state index contributed by atoms with van der Waals surface area (Å²) >= 11 is 0. The fourth-order valence-electron chi connectivity index (χ4n) is 3.01. The van der Waals surface area contributed by atoms with Crippen LogP contribution < -0.4 is 10.2 Å². The lowest BCUT2D eigenvalue weighted by Crippen LogP contribution is -2.33. The molecule has 1 saturated heterocycles. The fourth-order valence-corrected chi connectivity index (χ4v) is 4.16. The number of nitrogens with one attached hydrogen (secondary N) is 1. The van der Waals surface area contributed by atoms with E-state index in [0.717, 1.165) is 5.41 Å². The van der Waals surface area contributed by atoms with Gasteiger partial charge in [-0.15, -0.1) is 0 Å². The number of anilines is 1. The third-order valence-electron chi connectivity index (χ3n) is 4.38. The molecule has 2 atom stereocenters. The molecule has 1 N–H and O–H groups in total. The molecule has 1 unspecified atom stereocenters. The molecule has 0 radical (unpaired) electrons. The molecular weight excluding hydrogens is 363 g/mol. The molecule has 9 heteroatoms. The first-order valence-corrected chi connectivity index (χ1v) is 9.90. The second-order valence-electron chi connectivity index (χ2n) is 6.35. The molecule has 0 spiro atoms. The van der Waals surface area contributed by atoms with Crippen molar-refractivity contribution >= 4 is 27.5 Å². The number of nitrogens with zero attached hydrogens (tertiary/aromatic N) is 1. The van der Waals surface area contributed by atoms with Gasteiger partial charge in [-0.05, 0) is 24.1 Å². The van der Waals surface area contributed by atoms with E-state index in [0.29, 0.717) is 17.7 Å². The molecule has 0 saturated carbocycles. The third kappa shape index (κ3) is 4.04. The molecule has 2 aliphatic heterocycles. The summed E-state index contributed by atoms with van der Waals surface area (Å²) < 4.78 is 42.6. The molecule has 7 nitrogen and oxygen atoms in total. The maximum Gasteiger partial charge on any atom is 0.414 e. The summed E-state index contributed by atoms with van der Waals surface area (Å²) in [6, 6.07) is 4.41. The van der Waals surface area contributed by atoms with Gasteiger partial charge in [-0.3, -0.25) is 9.69 Å². The van der Waals surface area contributed by atoms with E-state index in [9.17, 15) is 22.4 Å². The molecular formula is C17H19FN2O5S. The number of rotatable bonds is 4. The Bertz CT molecular complexity index is 868. The second kappa shape index (κ2) is 7.06. The van der Waals surface area contributed by atoms with Crippen molar-refractivity contribution in [2.45, 2.75) is 25.4 Å². The Morgan fingerprint density at radius 3 is 2.81 bits per heavy atom. The quantitative estimate of drug-likeness (QED) is 0.856. The van der Waals surface area contributed by atoms with Gasteiger partial charge in [0, 0.05) is 18.2 Å². The Morgan fingerprint density at radius 1 is 1.42 bits per heavy atom. The van der Waals surface area contributed by atoms with Crippen molar-refractivity contribution in [2.24, 2.45) is 0 Å². The first kappa shape index (κ1) is 18.4. The molecule has 2 aliphatic rings. The molecule has 26 heavy (non-hydrogen) atoms. The van der Waals surface area contributed by atoms with Crippen molar-refractivity contribution in [3.63, 3.8) is 0 Å². The number of halogens is 1. The van der Waals surface area contributed by atoms with Gasteiger partial charge in [0.1, 0.15) is 11.9 Å². The van der Waals surface area contributed by atoms with Gasteiger partial charge in [0.2, 0.25) is 5.91 Å². The topological polar surface area (TPSA) is 92.8 Å². The zero-order valence-corrected chi connectivity index (χ0v) is 15.0. The number of allylic oxidation sites excluding steroid dienone is 1. The normalized spacial score (nSPS) is 24.4. The highest BCUT2D eigenvalue weighted by atomic mass is 32.2. The predicted octanol–water partition coefficient (Wildman–Crippen LogP) is 1.70. The van der Waals surface area contributed by atoms with Crippen LogP contribution in [0.25, 0.3) is 0 Å². The predicted molar refractivity (Wildman–Crippen MR) is 93.0 cm³/mol. The van der Waals surface area contributed by atoms with Gasteiger partial charge in [0.15, 0.2) is 9.84 Å². The van der Waals surface area contributed by atoms with Gasteiger partial charge in [0.25, 0.3) is 0 Å². The van der Waals surface area contributed by atoms with Crippen molar-refractivity contribution in [3.05, 3.63) is 41.1 Å². The minimum Gasteiger partial charge on any atom is -0.442 e. The molecule has 3 rings (SSSR count). The van der Waals surface area contributed by atoms with E-state index >= 15 is 0 Å². The van der Waals surface area contributed by atoms with Crippen molar-refractivity contribution in [1.82, 2.24) is 5.32 Å². The SMILES string of the molecule is CC(=O)NC[C@H]1CN(c2ccc(C3C=CS(=O)(=O)CC3)c(F)c2)C(=O)O1. The molecule has 0 bridgehead atoms. The molecule has 1 aromatic carbocycles.